The van der Waals surface area contributed by atoms with Crippen LogP contribution in [0.2, 0.25) is 0 Å². The molecule has 32 heavy (non-hydrogen) atoms. The fourth-order valence-corrected chi connectivity index (χ4v) is 5.35. The summed E-state index contributed by atoms with van der Waals surface area (Å²) in [6, 6.07) is 4.32. The molecule has 8 nitrogen and oxygen atoms in total. The van der Waals surface area contributed by atoms with Crippen LogP contribution >= 0.6 is 0 Å². The summed E-state index contributed by atoms with van der Waals surface area (Å²) in [6.45, 7) is 6.64. The van der Waals surface area contributed by atoms with Gasteiger partial charge in [-0.1, -0.05) is 6.07 Å². The summed E-state index contributed by atoms with van der Waals surface area (Å²) in [5.41, 5.74) is 4.79. The van der Waals surface area contributed by atoms with E-state index in [-0.39, 0.29) is 23.8 Å². The summed E-state index contributed by atoms with van der Waals surface area (Å²) in [4.78, 5) is 41.5. The maximum absolute atomic E-state index is 13.1. The normalized spacial score (nSPS) is 20.7. The molecule has 0 bridgehead atoms. The molecule has 2 fully saturated rings. The number of H-pyrrole nitrogens is 1. The lowest BCUT2D eigenvalue weighted by atomic mass is 9.99. The third-order valence-electron chi connectivity index (χ3n) is 7.25. The van der Waals surface area contributed by atoms with E-state index in [1.165, 1.54) is 11.9 Å². The molecular weight excluding hydrogens is 404 g/mol. The van der Waals surface area contributed by atoms with Gasteiger partial charge in [-0.25, -0.2) is 14.8 Å². The van der Waals surface area contributed by atoms with Gasteiger partial charge in [0.2, 0.25) is 0 Å². The molecule has 1 atom stereocenters. The molecule has 0 radical (unpaired) electrons. The van der Waals surface area contributed by atoms with E-state index in [9.17, 15) is 9.59 Å². The maximum atomic E-state index is 13.1. The van der Waals surface area contributed by atoms with Crippen molar-refractivity contribution >= 4 is 16.9 Å². The summed E-state index contributed by atoms with van der Waals surface area (Å²) in [6.07, 6.45) is 9.67. The topological polar surface area (TPSA) is 87.1 Å². The van der Waals surface area contributed by atoms with Gasteiger partial charge in [0.25, 0.3) is 5.91 Å². The zero-order valence-corrected chi connectivity index (χ0v) is 18.8. The van der Waals surface area contributed by atoms with Crippen molar-refractivity contribution in [2.24, 2.45) is 0 Å². The van der Waals surface area contributed by atoms with E-state index in [1.54, 1.807) is 12.4 Å². The third-order valence-corrected chi connectivity index (χ3v) is 7.25. The molecule has 1 unspecified atom stereocenters. The standard InChI is InChI=1S/C24H30N6O2/c1-16-6-7-20-22(17(16)2)27-24(32)30(20)19-8-11-28(12-9-19)21-5-3-4-10-29(21)23(31)18-13-25-15-26-14-18/h6-7,13-15,19,21H,3-5,8-12H2,1-2H3,(H,27,32). The number of nitrogens with zero attached hydrogens (tertiary/aromatic N) is 5. The number of imidazole rings is 1. The molecular formula is C24H30N6O2. The molecule has 0 saturated carbocycles. The molecule has 0 spiro atoms. The Morgan fingerprint density at radius 1 is 1.03 bits per heavy atom. The van der Waals surface area contributed by atoms with Crippen molar-refractivity contribution in [3.63, 3.8) is 0 Å². The van der Waals surface area contributed by atoms with Gasteiger partial charge in [-0.3, -0.25) is 14.3 Å². The highest BCUT2D eigenvalue weighted by Gasteiger charge is 2.35. The molecule has 2 aliphatic heterocycles. The predicted molar refractivity (Wildman–Crippen MR) is 123 cm³/mol. The van der Waals surface area contributed by atoms with Crippen molar-refractivity contribution < 1.29 is 4.79 Å². The molecule has 1 N–H and O–H groups in total. The van der Waals surface area contributed by atoms with Crippen molar-refractivity contribution in [3.05, 3.63) is 58.0 Å². The average molecular weight is 435 g/mol. The zero-order chi connectivity index (χ0) is 22.2. The van der Waals surface area contributed by atoms with Crippen LogP contribution < -0.4 is 5.69 Å². The second kappa shape index (κ2) is 8.50. The number of aryl methyl sites for hydroxylation is 2. The Morgan fingerprint density at radius 2 is 1.78 bits per heavy atom. The number of aromatic nitrogens is 4. The number of hydrogen-bond donors (Lipinski definition) is 1. The Morgan fingerprint density at radius 3 is 2.53 bits per heavy atom. The van der Waals surface area contributed by atoms with Crippen LogP contribution in [0.3, 0.4) is 0 Å². The largest absolute Gasteiger partial charge is 0.326 e. The number of amides is 1. The van der Waals surface area contributed by atoms with Crippen LogP contribution in [0.5, 0.6) is 0 Å². The molecule has 5 rings (SSSR count). The maximum Gasteiger partial charge on any atom is 0.326 e. The van der Waals surface area contributed by atoms with Crippen molar-refractivity contribution in [3.8, 4) is 0 Å². The fraction of sp³-hybridized carbons (Fsp3) is 0.500. The van der Waals surface area contributed by atoms with E-state index >= 15 is 0 Å². The van der Waals surface area contributed by atoms with Crippen LogP contribution in [0.4, 0.5) is 0 Å². The van der Waals surface area contributed by atoms with Crippen molar-refractivity contribution in [1.82, 2.24) is 29.3 Å². The van der Waals surface area contributed by atoms with Crippen molar-refractivity contribution in [2.75, 3.05) is 19.6 Å². The van der Waals surface area contributed by atoms with E-state index in [1.807, 2.05) is 9.47 Å². The molecule has 8 heteroatoms. The quantitative estimate of drug-likeness (QED) is 0.685. The minimum atomic E-state index is -0.0225. The highest BCUT2D eigenvalue weighted by Crippen LogP contribution is 2.30. The molecule has 3 aromatic rings. The molecule has 0 aliphatic carbocycles. The molecule has 2 aliphatic rings. The minimum Gasteiger partial charge on any atom is -0.323 e. The van der Waals surface area contributed by atoms with Crippen LogP contribution in [0.15, 0.2) is 35.6 Å². The third kappa shape index (κ3) is 3.62. The average Bonchev–Trinajstić information content (AvgIpc) is 3.18. The van der Waals surface area contributed by atoms with Crippen LogP contribution in [0.1, 0.15) is 59.6 Å². The number of piperidine rings is 2. The van der Waals surface area contributed by atoms with Crippen molar-refractivity contribution in [2.45, 2.75) is 58.2 Å². The van der Waals surface area contributed by atoms with Crippen molar-refractivity contribution in [1.29, 1.82) is 0 Å². The number of hydrogen-bond acceptors (Lipinski definition) is 5. The highest BCUT2D eigenvalue weighted by molar-refractivity contribution is 5.93. The number of likely N-dealkylation sites (tertiary alicyclic amines) is 2. The Labute approximate surface area is 187 Å². The summed E-state index contributed by atoms with van der Waals surface area (Å²) in [5.74, 6) is 0.0103. The van der Waals surface area contributed by atoms with E-state index in [2.05, 4.69) is 45.8 Å². The van der Waals surface area contributed by atoms with Gasteiger partial charge >= 0.3 is 5.69 Å². The Balaban J connectivity index is 1.34. The lowest BCUT2D eigenvalue weighted by molar-refractivity contribution is 0.00115. The number of benzene rings is 1. The second-order valence-corrected chi connectivity index (χ2v) is 9.07. The molecule has 168 valence electrons. The van der Waals surface area contributed by atoms with E-state index in [0.717, 1.165) is 68.3 Å². The van der Waals surface area contributed by atoms with Crippen LogP contribution in [0, 0.1) is 13.8 Å². The number of rotatable bonds is 3. The van der Waals surface area contributed by atoms with Gasteiger partial charge in [-0.2, -0.15) is 0 Å². The van der Waals surface area contributed by atoms with Gasteiger partial charge in [0.05, 0.1) is 22.8 Å². The first-order chi connectivity index (χ1) is 15.5. The Kier molecular flexibility index (Phi) is 5.55. The second-order valence-electron chi connectivity index (χ2n) is 9.07. The van der Waals surface area contributed by atoms with Crippen LogP contribution in [0.25, 0.3) is 11.0 Å². The zero-order valence-electron chi connectivity index (χ0n) is 18.8. The van der Waals surface area contributed by atoms with Crippen LogP contribution in [-0.2, 0) is 0 Å². The number of fused-ring (bicyclic) bond motifs is 1. The Hall–Kier alpha value is -3.00. The van der Waals surface area contributed by atoms with E-state index in [4.69, 9.17) is 0 Å². The van der Waals surface area contributed by atoms with Gasteiger partial charge in [-0.05, 0) is 63.1 Å². The van der Waals surface area contributed by atoms with Gasteiger partial charge in [0.15, 0.2) is 0 Å². The molecule has 1 amide bonds. The number of aromatic amines is 1. The number of nitrogens with one attached hydrogen (secondary N) is 1. The van der Waals surface area contributed by atoms with Gasteiger partial charge < -0.3 is 9.88 Å². The van der Waals surface area contributed by atoms with E-state index < -0.39 is 0 Å². The first-order valence-corrected chi connectivity index (χ1v) is 11.5. The first kappa shape index (κ1) is 20.9. The van der Waals surface area contributed by atoms with Gasteiger partial charge in [0.1, 0.15) is 6.33 Å². The summed E-state index contributed by atoms with van der Waals surface area (Å²) >= 11 is 0. The highest BCUT2D eigenvalue weighted by atomic mass is 16.2. The molecule has 4 heterocycles. The fourth-order valence-electron chi connectivity index (χ4n) is 5.35. The summed E-state index contributed by atoms with van der Waals surface area (Å²) in [5, 5.41) is 0. The minimum absolute atomic E-state index is 0.0103. The molecule has 2 aromatic heterocycles. The number of carbonyl (C=O) groups excluding carboxylic acids is 1. The smallest absolute Gasteiger partial charge is 0.323 e. The first-order valence-electron chi connectivity index (χ1n) is 11.5. The predicted octanol–water partition coefficient (Wildman–Crippen LogP) is 3.03. The number of carbonyl (C=O) groups is 1. The SMILES string of the molecule is Cc1ccc2c([nH]c(=O)n2C2CCN(C3CCCCN3C(=O)c3cncnc3)CC2)c1C. The summed E-state index contributed by atoms with van der Waals surface area (Å²) in [7, 11) is 0. The van der Waals surface area contributed by atoms with Crippen LogP contribution in [-0.4, -0.2) is 61.0 Å². The van der Waals surface area contributed by atoms with Gasteiger partial charge in [-0.15, -0.1) is 0 Å². The molecule has 2 saturated heterocycles. The summed E-state index contributed by atoms with van der Waals surface area (Å²) < 4.78 is 1.95. The lowest BCUT2D eigenvalue weighted by Crippen LogP contribution is -2.55. The monoisotopic (exact) mass is 434 g/mol. The Bertz CT molecular complexity index is 1180. The molecule has 1 aromatic carbocycles. The van der Waals surface area contributed by atoms with Gasteiger partial charge in [0, 0.05) is 38.1 Å². The lowest BCUT2D eigenvalue weighted by Gasteiger charge is -2.45. The van der Waals surface area contributed by atoms with E-state index in [0.29, 0.717) is 5.56 Å².